The molecule has 2 aromatic carbocycles. The summed E-state index contributed by atoms with van der Waals surface area (Å²) < 4.78 is 27.5. The molecule has 3 rings (SSSR count). The Morgan fingerprint density at radius 1 is 1.11 bits per heavy atom. The normalized spacial score (nSPS) is 20.1. The first-order valence-corrected chi connectivity index (χ1v) is 10.5. The van der Waals surface area contributed by atoms with Crippen molar-refractivity contribution in [1.82, 2.24) is 10.6 Å². The van der Waals surface area contributed by atoms with Crippen molar-refractivity contribution in [3.63, 3.8) is 0 Å². The topological polar surface area (TPSA) is 78.5 Å². The molecule has 0 saturated carbocycles. The largest absolute Gasteiger partial charge is 0.349 e. The number of benzene rings is 2. The minimum absolute atomic E-state index is 0.0100. The molecule has 2 N–H and O–H groups in total. The summed E-state index contributed by atoms with van der Waals surface area (Å²) >= 11 is 0. The van der Waals surface area contributed by atoms with Gasteiger partial charge in [-0.1, -0.05) is 30.3 Å². The van der Waals surface area contributed by atoms with Gasteiger partial charge in [0.2, 0.25) is 0 Å². The van der Waals surface area contributed by atoms with E-state index in [4.69, 9.17) is 0 Å². The lowest BCUT2D eigenvalue weighted by Gasteiger charge is -2.29. The van der Waals surface area contributed by atoms with Crippen LogP contribution in [-0.2, 0) is 10.0 Å². The number of nitrogens with one attached hydrogen (secondary N) is 2. The Labute approximate surface area is 160 Å². The maximum Gasteiger partial charge on any atom is 0.264 e. The van der Waals surface area contributed by atoms with Crippen molar-refractivity contribution in [2.45, 2.75) is 36.7 Å². The zero-order valence-electron chi connectivity index (χ0n) is 15.6. The molecule has 0 aromatic heterocycles. The van der Waals surface area contributed by atoms with Crippen LogP contribution in [0.15, 0.2) is 59.5 Å². The van der Waals surface area contributed by atoms with Crippen LogP contribution in [0.25, 0.3) is 0 Å². The number of sulfonamides is 1. The number of nitrogens with zero attached hydrogens (tertiary/aromatic N) is 1. The molecule has 2 unspecified atom stereocenters. The molecule has 0 spiro atoms. The SMILES string of the molecule is CC1CC(NC(=O)c2ccccc2S(=O)(=O)N(C)c2ccccc2)CCN1. The Hall–Kier alpha value is -2.38. The Morgan fingerprint density at radius 3 is 2.48 bits per heavy atom. The molecule has 1 amide bonds. The van der Waals surface area contributed by atoms with Gasteiger partial charge in [0.25, 0.3) is 15.9 Å². The van der Waals surface area contributed by atoms with Gasteiger partial charge in [0.1, 0.15) is 4.90 Å². The van der Waals surface area contributed by atoms with Gasteiger partial charge >= 0.3 is 0 Å². The molecule has 27 heavy (non-hydrogen) atoms. The van der Waals surface area contributed by atoms with E-state index >= 15 is 0 Å². The predicted molar refractivity (Wildman–Crippen MR) is 106 cm³/mol. The summed E-state index contributed by atoms with van der Waals surface area (Å²) in [5.74, 6) is -0.352. The number of hydrogen-bond donors (Lipinski definition) is 2. The Kier molecular flexibility index (Phi) is 5.82. The van der Waals surface area contributed by atoms with Gasteiger partial charge in [-0.3, -0.25) is 9.10 Å². The van der Waals surface area contributed by atoms with Crippen LogP contribution in [-0.4, -0.2) is 40.0 Å². The van der Waals surface area contributed by atoms with Crippen molar-refractivity contribution >= 4 is 21.6 Å². The quantitative estimate of drug-likeness (QED) is 0.826. The van der Waals surface area contributed by atoms with Crippen LogP contribution >= 0.6 is 0 Å². The Bertz CT molecular complexity index is 900. The van der Waals surface area contributed by atoms with Crippen molar-refractivity contribution < 1.29 is 13.2 Å². The van der Waals surface area contributed by atoms with Gasteiger partial charge in [-0.15, -0.1) is 0 Å². The lowest BCUT2D eigenvalue weighted by atomic mass is 10.0. The fourth-order valence-corrected chi connectivity index (χ4v) is 4.71. The molecule has 2 atom stereocenters. The van der Waals surface area contributed by atoms with E-state index in [1.165, 1.54) is 17.4 Å². The van der Waals surface area contributed by atoms with Crippen molar-refractivity contribution in [3.8, 4) is 0 Å². The van der Waals surface area contributed by atoms with Crippen molar-refractivity contribution in [2.24, 2.45) is 0 Å². The summed E-state index contributed by atoms with van der Waals surface area (Å²) in [5, 5.41) is 6.33. The molecule has 2 aromatic rings. The van der Waals surface area contributed by atoms with E-state index in [0.29, 0.717) is 11.7 Å². The number of piperidine rings is 1. The van der Waals surface area contributed by atoms with Gasteiger partial charge < -0.3 is 10.6 Å². The van der Waals surface area contributed by atoms with E-state index in [9.17, 15) is 13.2 Å². The van der Waals surface area contributed by atoms with Crippen LogP contribution in [0, 0.1) is 0 Å². The lowest BCUT2D eigenvalue weighted by Crippen LogP contribution is -2.46. The third kappa shape index (κ3) is 4.31. The van der Waals surface area contributed by atoms with E-state index < -0.39 is 10.0 Å². The highest BCUT2D eigenvalue weighted by Crippen LogP contribution is 2.24. The van der Waals surface area contributed by atoms with Gasteiger partial charge in [0.15, 0.2) is 0 Å². The fraction of sp³-hybridized carbons (Fsp3) is 0.350. The highest BCUT2D eigenvalue weighted by atomic mass is 32.2. The first kappa shape index (κ1) is 19.4. The summed E-state index contributed by atoms with van der Waals surface area (Å²) in [6, 6.07) is 15.5. The van der Waals surface area contributed by atoms with Crippen LogP contribution in [0.1, 0.15) is 30.1 Å². The summed E-state index contributed by atoms with van der Waals surface area (Å²) in [7, 11) is -2.37. The number of carbonyl (C=O) groups excluding carboxylic acids is 1. The highest BCUT2D eigenvalue weighted by molar-refractivity contribution is 7.92. The molecule has 6 nitrogen and oxygen atoms in total. The average molecular weight is 388 g/mol. The second-order valence-electron chi connectivity index (χ2n) is 6.85. The van der Waals surface area contributed by atoms with E-state index in [1.54, 1.807) is 42.5 Å². The molecule has 1 aliphatic rings. The second kappa shape index (κ2) is 8.10. The third-order valence-electron chi connectivity index (χ3n) is 4.85. The zero-order chi connectivity index (χ0) is 19.4. The first-order chi connectivity index (χ1) is 12.9. The molecule has 1 aliphatic heterocycles. The predicted octanol–water partition coefficient (Wildman–Crippen LogP) is 2.38. The summed E-state index contributed by atoms with van der Waals surface area (Å²) in [6.07, 6.45) is 1.65. The molecular weight excluding hydrogens is 362 g/mol. The fourth-order valence-electron chi connectivity index (χ4n) is 3.33. The smallest absolute Gasteiger partial charge is 0.264 e. The lowest BCUT2D eigenvalue weighted by molar-refractivity contribution is 0.0922. The third-order valence-corrected chi connectivity index (χ3v) is 6.69. The van der Waals surface area contributed by atoms with Crippen molar-refractivity contribution in [1.29, 1.82) is 0 Å². The molecule has 1 saturated heterocycles. The zero-order valence-corrected chi connectivity index (χ0v) is 16.4. The van der Waals surface area contributed by atoms with Crippen LogP contribution in [0.4, 0.5) is 5.69 Å². The van der Waals surface area contributed by atoms with E-state index in [0.717, 1.165) is 19.4 Å². The number of hydrogen-bond acceptors (Lipinski definition) is 4. The van der Waals surface area contributed by atoms with E-state index in [2.05, 4.69) is 17.6 Å². The summed E-state index contributed by atoms with van der Waals surface area (Å²) in [6.45, 7) is 2.91. The molecule has 0 aliphatic carbocycles. The number of rotatable bonds is 5. The molecule has 1 heterocycles. The summed E-state index contributed by atoms with van der Waals surface area (Å²) in [4.78, 5) is 12.8. The van der Waals surface area contributed by atoms with Crippen LogP contribution in [0.2, 0.25) is 0 Å². The van der Waals surface area contributed by atoms with Crippen LogP contribution in [0.3, 0.4) is 0 Å². The van der Waals surface area contributed by atoms with E-state index in [-0.39, 0.29) is 22.4 Å². The Morgan fingerprint density at radius 2 is 1.78 bits per heavy atom. The molecule has 144 valence electrons. The van der Waals surface area contributed by atoms with Gasteiger partial charge in [-0.05, 0) is 50.6 Å². The molecule has 1 fully saturated rings. The second-order valence-corrected chi connectivity index (χ2v) is 8.79. The molecule has 7 heteroatoms. The minimum Gasteiger partial charge on any atom is -0.349 e. The highest BCUT2D eigenvalue weighted by Gasteiger charge is 2.28. The van der Waals surface area contributed by atoms with Gasteiger partial charge in [-0.2, -0.15) is 0 Å². The average Bonchev–Trinajstić information content (AvgIpc) is 2.68. The molecule has 0 bridgehead atoms. The Balaban J connectivity index is 1.88. The van der Waals surface area contributed by atoms with Crippen LogP contribution < -0.4 is 14.9 Å². The van der Waals surface area contributed by atoms with Gasteiger partial charge in [0.05, 0.1) is 11.3 Å². The maximum atomic E-state index is 13.1. The number of anilines is 1. The van der Waals surface area contributed by atoms with E-state index in [1.807, 2.05) is 6.07 Å². The monoisotopic (exact) mass is 387 g/mol. The summed E-state index contributed by atoms with van der Waals surface area (Å²) in [5.41, 5.74) is 0.714. The minimum atomic E-state index is -3.86. The molecule has 0 radical (unpaired) electrons. The van der Waals surface area contributed by atoms with Gasteiger partial charge in [0, 0.05) is 19.1 Å². The van der Waals surface area contributed by atoms with Crippen molar-refractivity contribution in [2.75, 3.05) is 17.9 Å². The standard InChI is InChI=1S/C20H25N3O3S/c1-15-14-16(12-13-21-15)22-20(24)18-10-6-7-11-19(18)27(25,26)23(2)17-8-4-3-5-9-17/h3-11,15-16,21H,12-14H2,1-2H3,(H,22,24). The van der Waals surface area contributed by atoms with Crippen molar-refractivity contribution in [3.05, 3.63) is 60.2 Å². The van der Waals surface area contributed by atoms with Gasteiger partial charge in [-0.25, -0.2) is 8.42 Å². The maximum absolute atomic E-state index is 13.1. The number of para-hydroxylation sites is 1. The van der Waals surface area contributed by atoms with Crippen LogP contribution in [0.5, 0.6) is 0 Å². The number of amides is 1. The number of carbonyl (C=O) groups is 1. The molecular formula is C20H25N3O3S. The first-order valence-electron chi connectivity index (χ1n) is 9.07.